The fourth-order valence-electron chi connectivity index (χ4n) is 6.08. The number of hydrogen-bond acceptors (Lipinski definition) is 7. The number of hydrogen-bond donors (Lipinski definition) is 1. The van der Waals surface area contributed by atoms with E-state index in [9.17, 15) is 14.7 Å². The van der Waals surface area contributed by atoms with Crippen molar-refractivity contribution in [1.29, 1.82) is 0 Å². The molecular weight excluding hydrogens is 508 g/mol. The van der Waals surface area contributed by atoms with E-state index in [-0.39, 0.29) is 41.5 Å². The second-order valence-electron chi connectivity index (χ2n) is 10.7. The van der Waals surface area contributed by atoms with E-state index >= 15 is 0 Å². The average Bonchev–Trinajstić information content (AvgIpc) is 2.96. The van der Waals surface area contributed by atoms with Gasteiger partial charge in [0.25, 0.3) is 0 Å². The molecule has 0 radical (unpaired) electrons. The highest BCUT2D eigenvalue weighted by molar-refractivity contribution is 6.03. The molecule has 0 aliphatic carbocycles. The zero-order valence-electron chi connectivity index (χ0n) is 22.4. The summed E-state index contributed by atoms with van der Waals surface area (Å²) in [6, 6.07) is 21.1. The van der Waals surface area contributed by atoms with Gasteiger partial charge in [0.1, 0.15) is 28.9 Å². The Bertz CT molecular complexity index is 1430. The summed E-state index contributed by atoms with van der Waals surface area (Å²) in [5.41, 5.74) is 2.93. The summed E-state index contributed by atoms with van der Waals surface area (Å²) in [5, 5.41) is 11.0. The molecule has 4 atom stereocenters. The number of ketones is 1. The third-order valence-electron chi connectivity index (χ3n) is 7.94. The molecule has 1 fully saturated rings. The molecule has 0 saturated carbocycles. The number of carbonyl (C=O) groups excluding carboxylic acids is 2. The molecule has 40 heavy (non-hydrogen) atoms. The monoisotopic (exact) mass is 540 g/mol. The Hall–Kier alpha value is -4.10. The van der Waals surface area contributed by atoms with Crippen molar-refractivity contribution < 1.29 is 33.6 Å². The van der Waals surface area contributed by atoms with Crippen LogP contribution >= 0.6 is 0 Å². The van der Waals surface area contributed by atoms with Crippen molar-refractivity contribution in [1.82, 2.24) is 0 Å². The molecule has 0 aromatic heterocycles. The van der Waals surface area contributed by atoms with Crippen LogP contribution in [-0.4, -0.2) is 35.9 Å². The highest BCUT2D eigenvalue weighted by atomic mass is 16.7. The van der Waals surface area contributed by atoms with Crippen LogP contribution in [0.15, 0.2) is 72.8 Å². The van der Waals surface area contributed by atoms with Gasteiger partial charge in [-0.3, -0.25) is 9.59 Å². The average molecular weight is 541 g/mol. The lowest BCUT2D eigenvalue weighted by Crippen LogP contribution is -2.49. The maximum absolute atomic E-state index is 13.3. The standard InChI is InChI=1S/C33H32O7/c1-37-29(36)14-8-13-24-17-23-20-33(39-24,16-15-21-9-4-2-5-10-21)40-28-19-26(35)31-25(34)18-27(38-32(31)30(23)28)22-11-6-3-7-12-22/h2-7,9-12,15-16,19,23-24,27,35H,8,13-14,17-18,20H2,1H3/b16-15+/t23-,24-,27-,33-/m1/s1. The highest BCUT2D eigenvalue weighted by Gasteiger charge is 2.50. The first-order valence-electron chi connectivity index (χ1n) is 13.8. The molecule has 2 bridgehead atoms. The van der Waals surface area contributed by atoms with Crippen molar-refractivity contribution in [3.05, 3.63) is 95.1 Å². The topological polar surface area (TPSA) is 91.3 Å². The van der Waals surface area contributed by atoms with Crippen molar-refractivity contribution in [2.45, 2.75) is 62.4 Å². The molecule has 0 unspecified atom stereocenters. The van der Waals surface area contributed by atoms with Gasteiger partial charge >= 0.3 is 5.97 Å². The summed E-state index contributed by atoms with van der Waals surface area (Å²) in [6.45, 7) is 0. The van der Waals surface area contributed by atoms with E-state index in [2.05, 4.69) is 0 Å². The largest absolute Gasteiger partial charge is 0.507 e. The Labute approximate surface area is 233 Å². The lowest BCUT2D eigenvalue weighted by Gasteiger charge is -2.48. The van der Waals surface area contributed by atoms with Crippen LogP contribution in [0.1, 0.15) is 77.6 Å². The van der Waals surface area contributed by atoms with Crippen molar-refractivity contribution in [3.8, 4) is 17.2 Å². The molecule has 206 valence electrons. The maximum atomic E-state index is 13.3. The number of carbonyl (C=O) groups is 2. The Morgan fingerprint density at radius 3 is 2.62 bits per heavy atom. The van der Waals surface area contributed by atoms with Crippen LogP contribution in [-0.2, 0) is 14.3 Å². The Morgan fingerprint density at radius 1 is 1.12 bits per heavy atom. The molecule has 1 N–H and O–H groups in total. The number of aromatic hydroxyl groups is 1. The molecular formula is C33H32O7. The number of phenols is 1. The quantitative estimate of drug-likeness (QED) is 0.342. The molecule has 7 heteroatoms. The molecule has 3 aromatic rings. The van der Waals surface area contributed by atoms with Crippen LogP contribution in [0.4, 0.5) is 0 Å². The van der Waals surface area contributed by atoms with Gasteiger partial charge in [0, 0.05) is 30.4 Å². The van der Waals surface area contributed by atoms with E-state index in [1.54, 1.807) is 0 Å². The number of rotatable bonds is 7. The second-order valence-corrected chi connectivity index (χ2v) is 10.7. The van der Waals surface area contributed by atoms with Crippen LogP contribution in [0, 0.1) is 0 Å². The third kappa shape index (κ3) is 5.09. The highest BCUT2D eigenvalue weighted by Crippen LogP contribution is 2.57. The summed E-state index contributed by atoms with van der Waals surface area (Å²) >= 11 is 0. The summed E-state index contributed by atoms with van der Waals surface area (Å²) in [6.07, 6.45) is 6.20. The van der Waals surface area contributed by atoms with Gasteiger partial charge in [-0.25, -0.2) is 0 Å². The van der Waals surface area contributed by atoms with E-state index in [4.69, 9.17) is 18.9 Å². The van der Waals surface area contributed by atoms with Crippen molar-refractivity contribution >= 4 is 17.8 Å². The minimum atomic E-state index is -1.07. The summed E-state index contributed by atoms with van der Waals surface area (Å²) in [5.74, 6) is -0.807. The first-order valence-corrected chi connectivity index (χ1v) is 13.8. The smallest absolute Gasteiger partial charge is 0.305 e. The van der Waals surface area contributed by atoms with Crippen LogP contribution in [0.2, 0.25) is 0 Å². The minimum Gasteiger partial charge on any atom is -0.507 e. The molecule has 0 spiro atoms. The number of ether oxygens (including phenoxy) is 4. The Kier molecular flexibility index (Phi) is 7.07. The molecule has 3 aliphatic rings. The molecule has 6 rings (SSSR count). The second kappa shape index (κ2) is 10.8. The number of phenolic OH excluding ortho intramolecular Hbond substituents is 1. The molecule has 0 amide bonds. The van der Waals surface area contributed by atoms with Crippen LogP contribution in [0.5, 0.6) is 17.2 Å². The van der Waals surface area contributed by atoms with Gasteiger partial charge in [-0.2, -0.15) is 0 Å². The minimum absolute atomic E-state index is 0.0438. The van der Waals surface area contributed by atoms with E-state index in [1.807, 2.05) is 72.8 Å². The number of benzene rings is 3. The molecule has 3 aromatic carbocycles. The zero-order valence-corrected chi connectivity index (χ0v) is 22.4. The number of methoxy groups -OCH3 is 1. The molecule has 3 aliphatic heterocycles. The van der Waals surface area contributed by atoms with Crippen molar-refractivity contribution in [2.75, 3.05) is 7.11 Å². The summed E-state index contributed by atoms with van der Waals surface area (Å²) < 4.78 is 24.5. The van der Waals surface area contributed by atoms with E-state index in [0.29, 0.717) is 43.6 Å². The molecule has 7 nitrogen and oxygen atoms in total. The first kappa shape index (κ1) is 26.1. The summed E-state index contributed by atoms with van der Waals surface area (Å²) in [7, 11) is 1.39. The van der Waals surface area contributed by atoms with E-state index in [0.717, 1.165) is 16.7 Å². The van der Waals surface area contributed by atoms with Crippen LogP contribution < -0.4 is 9.47 Å². The molecule has 1 saturated heterocycles. The van der Waals surface area contributed by atoms with Gasteiger partial charge in [-0.15, -0.1) is 0 Å². The SMILES string of the molecule is COC(=O)CCC[C@@H]1C[C@@H]2C[C@@](/C=C/c3ccccc3)(Oc3cc(O)c4c(c32)O[C@@H](c2ccccc2)CC4=O)O1. The van der Waals surface area contributed by atoms with Crippen LogP contribution in [0.25, 0.3) is 6.08 Å². The van der Waals surface area contributed by atoms with Gasteiger partial charge in [-0.05, 0) is 36.5 Å². The van der Waals surface area contributed by atoms with Crippen molar-refractivity contribution in [3.63, 3.8) is 0 Å². The van der Waals surface area contributed by atoms with E-state index in [1.165, 1.54) is 13.2 Å². The Morgan fingerprint density at radius 2 is 1.88 bits per heavy atom. The van der Waals surface area contributed by atoms with Gasteiger partial charge in [0.2, 0.25) is 5.79 Å². The first-order chi connectivity index (χ1) is 19.4. The Balaban J connectivity index is 1.38. The lowest BCUT2D eigenvalue weighted by molar-refractivity contribution is -0.220. The van der Waals surface area contributed by atoms with Gasteiger partial charge in [0.15, 0.2) is 5.78 Å². The van der Waals surface area contributed by atoms with Crippen molar-refractivity contribution in [2.24, 2.45) is 0 Å². The molecule has 3 heterocycles. The van der Waals surface area contributed by atoms with Gasteiger partial charge < -0.3 is 24.1 Å². The number of fused-ring (bicyclic) bond motifs is 6. The third-order valence-corrected chi connectivity index (χ3v) is 7.94. The predicted octanol–water partition coefficient (Wildman–Crippen LogP) is 6.51. The number of esters is 1. The van der Waals surface area contributed by atoms with Gasteiger partial charge in [0.05, 0.1) is 19.6 Å². The number of Topliss-reactive ketones (excluding diaryl/α,β-unsaturated/α-hetero) is 1. The normalized spacial score (nSPS) is 24.9. The fourth-order valence-corrected chi connectivity index (χ4v) is 6.08. The predicted molar refractivity (Wildman–Crippen MR) is 148 cm³/mol. The van der Waals surface area contributed by atoms with Crippen LogP contribution in [0.3, 0.4) is 0 Å². The van der Waals surface area contributed by atoms with E-state index < -0.39 is 11.9 Å². The lowest BCUT2D eigenvalue weighted by atomic mass is 9.78. The fraction of sp³-hybridized carbons (Fsp3) is 0.333. The maximum Gasteiger partial charge on any atom is 0.305 e. The zero-order chi connectivity index (χ0) is 27.7. The van der Waals surface area contributed by atoms with Gasteiger partial charge in [-0.1, -0.05) is 66.7 Å². The summed E-state index contributed by atoms with van der Waals surface area (Å²) in [4.78, 5) is 25.0.